The zero-order valence-electron chi connectivity index (χ0n) is 11.5. The van der Waals surface area contributed by atoms with Crippen molar-refractivity contribution in [3.8, 4) is 0 Å². The van der Waals surface area contributed by atoms with E-state index in [2.05, 4.69) is 4.98 Å². The highest BCUT2D eigenvalue weighted by Gasteiger charge is 2.34. The van der Waals surface area contributed by atoms with Crippen LogP contribution in [0.25, 0.3) is 0 Å². The van der Waals surface area contributed by atoms with Crippen LogP contribution >= 0.6 is 0 Å². The second kappa shape index (κ2) is 4.59. The Morgan fingerprint density at radius 3 is 2.20 bits per heavy atom. The highest BCUT2D eigenvalue weighted by Crippen LogP contribution is 2.22. The fraction of sp³-hybridized carbons (Fsp3) is 0.267. The van der Waals surface area contributed by atoms with Gasteiger partial charge in [-0.1, -0.05) is 12.1 Å². The minimum absolute atomic E-state index is 0.204. The van der Waals surface area contributed by atoms with Crippen LogP contribution in [0, 0.1) is 6.92 Å². The fourth-order valence-corrected chi connectivity index (χ4v) is 2.45. The molecule has 1 aromatic heterocycles. The maximum absolute atomic E-state index is 12.2. The van der Waals surface area contributed by atoms with E-state index in [1.54, 1.807) is 30.5 Å². The molecule has 0 saturated heterocycles. The van der Waals surface area contributed by atoms with Crippen LogP contribution in [-0.2, 0) is 13.5 Å². The molecule has 2 amide bonds. The minimum Gasteiger partial charge on any atom is -0.335 e. The number of imide groups is 1. The van der Waals surface area contributed by atoms with Gasteiger partial charge in [0.15, 0.2) is 0 Å². The molecule has 20 heavy (non-hydrogen) atoms. The van der Waals surface area contributed by atoms with Crippen molar-refractivity contribution in [2.24, 2.45) is 7.05 Å². The first-order valence-corrected chi connectivity index (χ1v) is 6.52. The number of carbonyl (C=O) groups is 2. The Labute approximate surface area is 116 Å². The number of aryl methyl sites for hydroxylation is 1. The Bertz CT molecular complexity index is 668. The van der Waals surface area contributed by atoms with Crippen LogP contribution in [0.4, 0.5) is 0 Å². The molecule has 102 valence electrons. The molecule has 0 aliphatic carbocycles. The van der Waals surface area contributed by atoms with Crippen LogP contribution in [0.15, 0.2) is 30.5 Å². The van der Waals surface area contributed by atoms with Crippen molar-refractivity contribution in [1.29, 1.82) is 0 Å². The number of hydrogen-bond acceptors (Lipinski definition) is 3. The van der Waals surface area contributed by atoms with E-state index in [4.69, 9.17) is 0 Å². The molecular weight excluding hydrogens is 254 g/mol. The molecule has 0 fully saturated rings. The maximum atomic E-state index is 12.2. The first-order valence-electron chi connectivity index (χ1n) is 6.52. The van der Waals surface area contributed by atoms with Crippen LogP contribution < -0.4 is 0 Å². The van der Waals surface area contributed by atoms with Gasteiger partial charge < -0.3 is 4.57 Å². The molecule has 0 atom stereocenters. The SMILES string of the molecule is Cc1ncc(CCN2C(=O)c3ccccc3C2=O)n1C. The summed E-state index contributed by atoms with van der Waals surface area (Å²) >= 11 is 0. The van der Waals surface area contributed by atoms with Gasteiger partial charge in [0, 0.05) is 31.9 Å². The van der Waals surface area contributed by atoms with Gasteiger partial charge in [-0.05, 0) is 19.1 Å². The summed E-state index contributed by atoms with van der Waals surface area (Å²) in [5.41, 5.74) is 2.01. The first kappa shape index (κ1) is 12.6. The zero-order valence-corrected chi connectivity index (χ0v) is 11.5. The number of imidazole rings is 1. The average molecular weight is 269 g/mol. The van der Waals surface area contributed by atoms with E-state index in [1.807, 2.05) is 18.5 Å². The topological polar surface area (TPSA) is 55.2 Å². The van der Waals surface area contributed by atoms with Gasteiger partial charge in [-0.15, -0.1) is 0 Å². The molecule has 0 spiro atoms. The molecule has 2 heterocycles. The van der Waals surface area contributed by atoms with Gasteiger partial charge in [0.05, 0.1) is 11.1 Å². The van der Waals surface area contributed by atoms with E-state index < -0.39 is 0 Å². The molecule has 0 unspecified atom stereocenters. The number of benzene rings is 1. The first-order chi connectivity index (χ1) is 9.59. The molecule has 3 rings (SSSR count). The van der Waals surface area contributed by atoms with E-state index in [1.165, 1.54) is 4.90 Å². The Morgan fingerprint density at radius 2 is 1.70 bits per heavy atom. The molecule has 2 aromatic rings. The van der Waals surface area contributed by atoms with Crippen LogP contribution in [0.5, 0.6) is 0 Å². The second-order valence-corrected chi connectivity index (χ2v) is 4.91. The summed E-state index contributed by atoms with van der Waals surface area (Å²) in [7, 11) is 1.93. The van der Waals surface area contributed by atoms with E-state index in [-0.39, 0.29) is 11.8 Å². The minimum atomic E-state index is -0.204. The molecule has 0 radical (unpaired) electrons. The number of aromatic nitrogens is 2. The van der Waals surface area contributed by atoms with Crippen molar-refractivity contribution < 1.29 is 9.59 Å². The molecule has 5 heteroatoms. The average Bonchev–Trinajstić information content (AvgIpc) is 2.90. The molecule has 0 saturated carbocycles. The monoisotopic (exact) mass is 269 g/mol. The molecule has 1 aliphatic heterocycles. The van der Waals surface area contributed by atoms with Crippen molar-refractivity contribution in [3.05, 3.63) is 53.1 Å². The molecule has 1 aromatic carbocycles. The van der Waals surface area contributed by atoms with Crippen molar-refractivity contribution in [3.63, 3.8) is 0 Å². The number of fused-ring (bicyclic) bond motifs is 1. The summed E-state index contributed by atoms with van der Waals surface area (Å²) in [4.78, 5) is 29.9. The quantitative estimate of drug-likeness (QED) is 0.795. The summed E-state index contributed by atoms with van der Waals surface area (Å²) in [6.45, 7) is 2.30. The smallest absolute Gasteiger partial charge is 0.261 e. The van der Waals surface area contributed by atoms with Crippen LogP contribution in [0.1, 0.15) is 32.2 Å². The number of nitrogens with zero attached hydrogens (tertiary/aromatic N) is 3. The summed E-state index contributed by atoms with van der Waals surface area (Å²) in [6.07, 6.45) is 2.40. The maximum Gasteiger partial charge on any atom is 0.261 e. The van der Waals surface area contributed by atoms with E-state index >= 15 is 0 Å². The molecule has 1 aliphatic rings. The van der Waals surface area contributed by atoms with Gasteiger partial charge in [0.25, 0.3) is 11.8 Å². The standard InChI is InChI=1S/C15H15N3O2/c1-10-16-9-11(17(10)2)7-8-18-14(19)12-5-3-4-6-13(12)15(18)20/h3-6,9H,7-8H2,1-2H3. The number of hydrogen-bond donors (Lipinski definition) is 0. The lowest BCUT2D eigenvalue weighted by molar-refractivity contribution is 0.0655. The zero-order chi connectivity index (χ0) is 14.3. The number of amides is 2. The highest BCUT2D eigenvalue weighted by atomic mass is 16.2. The van der Waals surface area contributed by atoms with Gasteiger partial charge >= 0.3 is 0 Å². The third-order valence-electron chi connectivity index (χ3n) is 3.79. The highest BCUT2D eigenvalue weighted by molar-refractivity contribution is 6.21. The summed E-state index contributed by atoms with van der Waals surface area (Å²) in [5, 5.41) is 0. The van der Waals surface area contributed by atoms with Crippen molar-refractivity contribution in [1.82, 2.24) is 14.5 Å². The lowest BCUT2D eigenvalue weighted by Crippen LogP contribution is -2.32. The van der Waals surface area contributed by atoms with Crippen molar-refractivity contribution in [2.45, 2.75) is 13.3 Å². The summed E-state index contributed by atoms with van der Waals surface area (Å²) < 4.78 is 1.97. The molecule has 0 bridgehead atoms. The predicted molar refractivity (Wildman–Crippen MR) is 73.5 cm³/mol. The van der Waals surface area contributed by atoms with Gasteiger partial charge in [-0.2, -0.15) is 0 Å². The Balaban J connectivity index is 1.79. The summed E-state index contributed by atoms with van der Waals surface area (Å²) in [6, 6.07) is 6.95. The normalized spacial score (nSPS) is 14.0. The Kier molecular flexibility index (Phi) is 2.89. The molecule has 5 nitrogen and oxygen atoms in total. The third-order valence-corrected chi connectivity index (χ3v) is 3.79. The summed E-state index contributed by atoms with van der Waals surface area (Å²) in [5.74, 6) is 0.511. The van der Waals surface area contributed by atoms with Gasteiger partial charge in [0.1, 0.15) is 5.82 Å². The van der Waals surface area contributed by atoms with Gasteiger partial charge in [-0.25, -0.2) is 4.98 Å². The van der Waals surface area contributed by atoms with E-state index in [9.17, 15) is 9.59 Å². The van der Waals surface area contributed by atoms with E-state index in [0.29, 0.717) is 24.1 Å². The lowest BCUT2D eigenvalue weighted by atomic mass is 10.1. The third kappa shape index (κ3) is 1.82. The van der Waals surface area contributed by atoms with Crippen LogP contribution in [-0.4, -0.2) is 32.8 Å². The number of rotatable bonds is 3. The Morgan fingerprint density at radius 1 is 1.10 bits per heavy atom. The Hall–Kier alpha value is -2.43. The predicted octanol–water partition coefficient (Wildman–Crippen LogP) is 1.57. The largest absolute Gasteiger partial charge is 0.335 e. The number of carbonyl (C=O) groups excluding carboxylic acids is 2. The fourth-order valence-electron chi connectivity index (χ4n) is 2.45. The lowest BCUT2D eigenvalue weighted by Gasteiger charge is -2.13. The van der Waals surface area contributed by atoms with Gasteiger partial charge in [-0.3, -0.25) is 14.5 Å². The molecule has 0 N–H and O–H groups in total. The second-order valence-electron chi connectivity index (χ2n) is 4.91. The van der Waals surface area contributed by atoms with Gasteiger partial charge in [0.2, 0.25) is 0 Å². The van der Waals surface area contributed by atoms with Crippen molar-refractivity contribution in [2.75, 3.05) is 6.54 Å². The van der Waals surface area contributed by atoms with Crippen LogP contribution in [0.3, 0.4) is 0 Å². The molecular formula is C15H15N3O2. The van der Waals surface area contributed by atoms with Crippen molar-refractivity contribution >= 4 is 11.8 Å². The van der Waals surface area contributed by atoms with E-state index in [0.717, 1.165) is 11.5 Å². The van der Waals surface area contributed by atoms with Crippen LogP contribution in [0.2, 0.25) is 0 Å².